The van der Waals surface area contributed by atoms with Gasteiger partial charge < -0.3 is 20.7 Å². The lowest BCUT2D eigenvalue weighted by Crippen LogP contribution is -2.36. The van der Waals surface area contributed by atoms with Crippen molar-refractivity contribution in [1.29, 1.82) is 0 Å². The number of hydrogen-bond acceptors (Lipinski definition) is 5. The van der Waals surface area contributed by atoms with Crippen molar-refractivity contribution < 1.29 is 9.53 Å². The molecule has 2 rings (SSSR count). The second kappa shape index (κ2) is 6.95. The van der Waals surface area contributed by atoms with Crippen LogP contribution in [0.25, 0.3) is 0 Å². The Labute approximate surface area is 124 Å². The van der Waals surface area contributed by atoms with Gasteiger partial charge in [-0.15, -0.1) is 11.3 Å². The van der Waals surface area contributed by atoms with Gasteiger partial charge in [0.15, 0.2) is 0 Å². The van der Waals surface area contributed by atoms with Crippen LogP contribution in [0.4, 0.5) is 10.7 Å². The standard InChI is InChI=1S/C14H23N3O2S/c1-3-16-14(18)13-11(15)9-12(20-13)17-7-5-10(6-8-17)19-4-2/h9-10H,3-8,15H2,1-2H3,(H,16,18). The number of nitrogens with one attached hydrogen (secondary N) is 1. The van der Waals surface area contributed by atoms with E-state index in [1.165, 1.54) is 11.3 Å². The lowest BCUT2D eigenvalue weighted by Gasteiger charge is -2.32. The maximum absolute atomic E-state index is 11.9. The zero-order valence-corrected chi connectivity index (χ0v) is 13.0. The Kier molecular flexibility index (Phi) is 5.25. The number of carbonyl (C=O) groups is 1. The molecule has 0 saturated carbocycles. The average Bonchev–Trinajstić information content (AvgIpc) is 2.82. The molecule has 0 radical (unpaired) electrons. The van der Waals surface area contributed by atoms with Crippen LogP contribution in [0, 0.1) is 0 Å². The Hall–Kier alpha value is -1.27. The van der Waals surface area contributed by atoms with Crippen LogP contribution in [-0.2, 0) is 4.74 Å². The fourth-order valence-corrected chi connectivity index (χ4v) is 3.49. The number of nitrogens with two attached hydrogens (primary N) is 1. The largest absolute Gasteiger partial charge is 0.397 e. The number of amides is 1. The molecule has 1 fully saturated rings. The Morgan fingerprint density at radius 1 is 1.50 bits per heavy atom. The molecule has 0 spiro atoms. The van der Waals surface area contributed by atoms with Gasteiger partial charge in [-0.2, -0.15) is 0 Å². The number of hydrogen-bond donors (Lipinski definition) is 2. The van der Waals surface area contributed by atoms with Crippen molar-refractivity contribution in [3.05, 3.63) is 10.9 Å². The summed E-state index contributed by atoms with van der Waals surface area (Å²) in [6.07, 6.45) is 2.43. The van der Waals surface area contributed by atoms with Crippen LogP contribution in [0.3, 0.4) is 0 Å². The smallest absolute Gasteiger partial charge is 0.263 e. The molecule has 1 amide bonds. The fourth-order valence-electron chi connectivity index (χ4n) is 2.44. The summed E-state index contributed by atoms with van der Waals surface area (Å²) in [6.45, 7) is 7.24. The quantitative estimate of drug-likeness (QED) is 0.873. The van der Waals surface area contributed by atoms with Crippen LogP contribution in [0.1, 0.15) is 36.4 Å². The Morgan fingerprint density at radius 2 is 2.20 bits per heavy atom. The zero-order valence-electron chi connectivity index (χ0n) is 12.1. The fraction of sp³-hybridized carbons (Fsp3) is 0.643. The van der Waals surface area contributed by atoms with Crippen LogP contribution in [-0.4, -0.2) is 38.3 Å². The van der Waals surface area contributed by atoms with E-state index >= 15 is 0 Å². The maximum atomic E-state index is 11.9. The minimum atomic E-state index is -0.0783. The van der Waals surface area contributed by atoms with Gasteiger partial charge in [0.25, 0.3) is 5.91 Å². The highest BCUT2D eigenvalue weighted by molar-refractivity contribution is 7.18. The number of ether oxygens (including phenoxy) is 1. The molecule has 2 heterocycles. The molecule has 0 aromatic carbocycles. The van der Waals surface area contributed by atoms with Crippen LogP contribution in [0.15, 0.2) is 6.07 Å². The Balaban J connectivity index is 2.00. The monoisotopic (exact) mass is 297 g/mol. The van der Waals surface area contributed by atoms with E-state index in [9.17, 15) is 4.79 Å². The molecule has 0 unspecified atom stereocenters. The number of nitrogen functional groups attached to an aromatic ring is 1. The van der Waals surface area contributed by atoms with Crippen molar-refractivity contribution >= 4 is 27.9 Å². The highest BCUT2D eigenvalue weighted by atomic mass is 32.1. The first-order valence-electron chi connectivity index (χ1n) is 7.19. The molecular formula is C14H23N3O2S. The van der Waals surface area contributed by atoms with E-state index in [-0.39, 0.29) is 5.91 Å². The van der Waals surface area contributed by atoms with Gasteiger partial charge in [0.1, 0.15) is 4.88 Å². The van der Waals surface area contributed by atoms with Crippen LogP contribution < -0.4 is 16.0 Å². The van der Waals surface area contributed by atoms with E-state index in [1.54, 1.807) is 0 Å². The average molecular weight is 297 g/mol. The number of nitrogens with zero attached hydrogens (tertiary/aromatic N) is 1. The van der Waals surface area contributed by atoms with Crippen LogP contribution >= 0.6 is 11.3 Å². The number of anilines is 2. The Morgan fingerprint density at radius 3 is 2.80 bits per heavy atom. The zero-order chi connectivity index (χ0) is 14.5. The predicted molar refractivity (Wildman–Crippen MR) is 83.6 cm³/mol. The van der Waals surface area contributed by atoms with Crippen molar-refractivity contribution in [3.8, 4) is 0 Å². The van der Waals surface area contributed by atoms with Gasteiger partial charge in [-0.05, 0) is 32.8 Å². The van der Waals surface area contributed by atoms with Gasteiger partial charge >= 0.3 is 0 Å². The summed E-state index contributed by atoms with van der Waals surface area (Å²) < 4.78 is 5.65. The van der Waals surface area contributed by atoms with Crippen molar-refractivity contribution in [2.75, 3.05) is 36.9 Å². The van der Waals surface area contributed by atoms with Gasteiger partial charge in [-0.25, -0.2) is 0 Å². The van der Waals surface area contributed by atoms with Crippen molar-refractivity contribution in [2.24, 2.45) is 0 Å². The number of thiophene rings is 1. The molecule has 1 saturated heterocycles. The first-order chi connectivity index (χ1) is 9.65. The third-order valence-electron chi connectivity index (χ3n) is 3.45. The summed E-state index contributed by atoms with van der Waals surface area (Å²) in [5.41, 5.74) is 6.52. The van der Waals surface area contributed by atoms with Crippen LogP contribution in [0.5, 0.6) is 0 Å². The normalized spacial score (nSPS) is 16.4. The van der Waals surface area contributed by atoms with E-state index in [1.807, 2.05) is 19.9 Å². The van der Waals surface area contributed by atoms with E-state index in [4.69, 9.17) is 10.5 Å². The first kappa shape index (κ1) is 15.1. The molecule has 112 valence electrons. The number of carbonyl (C=O) groups excluding carboxylic acids is 1. The molecule has 5 nitrogen and oxygen atoms in total. The molecule has 0 bridgehead atoms. The van der Waals surface area contributed by atoms with Crippen molar-refractivity contribution in [2.45, 2.75) is 32.8 Å². The summed E-state index contributed by atoms with van der Waals surface area (Å²) in [5, 5.41) is 3.88. The van der Waals surface area contributed by atoms with Gasteiger partial charge in [-0.1, -0.05) is 0 Å². The maximum Gasteiger partial charge on any atom is 0.263 e. The molecule has 6 heteroatoms. The number of piperidine rings is 1. The molecule has 1 aliphatic rings. The Bertz CT molecular complexity index is 453. The van der Waals surface area contributed by atoms with Crippen molar-refractivity contribution in [3.63, 3.8) is 0 Å². The molecule has 0 aliphatic carbocycles. The lowest BCUT2D eigenvalue weighted by molar-refractivity contribution is 0.0460. The minimum Gasteiger partial charge on any atom is -0.397 e. The van der Waals surface area contributed by atoms with Crippen molar-refractivity contribution in [1.82, 2.24) is 5.32 Å². The van der Waals surface area contributed by atoms with Gasteiger partial charge in [0, 0.05) is 26.2 Å². The summed E-state index contributed by atoms with van der Waals surface area (Å²) in [5.74, 6) is -0.0783. The summed E-state index contributed by atoms with van der Waals surface area (Å²) in [4.78, 5) is 14.8. The van der Waals surface area contributed by atoms with Gasteiger partial charge in [0.05, 0.1) is 16.8 Å². The van der Waals surface area contributed by atoms with Gasteiger partial charge in [0.2, 0.25) is 0 Å². The highest BCUT2D eigenvalue weighted by Gasteiger charge is 2.22. The third-order valence-corrected chi connectivity index (χ3v) is 4.66. The number of rotatable bonds is 5. The lowest BCUT2D eigenvalue weighted by atomic mass is 10.1. The summed E-state index contributed by atoms with van der Waals surface area (Å²) in [7, 11) is 0. The molecule has 1 aromatic rings. The third kappa shape index (κ3) is 3.43. The topological polar surface area (TPSA) is 67.6 Å². The minimum absolute atomic E-state index is 0.0783. The van der Waals surface area contributed by atoms with Gasteiger partial charge in [-0.3, -0.25) is 4.79 Å². The second-order valence-corrected chi connectivity index (χ2v) is 5.90. The summed E-state index contributed by atoms with van der Waals surface area (Å²) >= 11 is 1.48. The molecule has 1 aromatic heterocycles. The predicted octanol–water partition coefficient (Wildman–Crippen LogP) is 2.09. The van der Waals surface area contributed by atoms with E-state index in [2.05, 4.69) is 10.2 Å². The first-order valence-corrected chi connectivity index (χ1v) is 8.01. The van der Waals surface area contributed by atoms with E-state index < -0.39 is 0 Å². The molecule has 3 N–H and O–H groups in total. The van der Waals surface area contributed by atoms with E-state index in [0.29, 0.717) is 23.2 Å². The summed E-state index contributed by atoms with van der Waals surface area (Å²) in [6, 6.07) is 1.91. The SMILES string of the molecule is CCNC(=O)c1sc(N2CCC(OCC)CC2)cc1N. The molecule has 0 atom stereocenters. The highest BCUT2D eigenvalue weighted by Crippen LogP contribution is 2.33. The van der Waals surface area contributed by atoms with E-state index in [0.717, 1.165) is 37.5 Å². The second-order valence-electron chi connectivity index (χ2n) is 4.87. The molecule has 1 aliphatic heterocycles. The molecular weight excluding hydrogens is 274 g/mol. The molecule has 20 heavy (non-hydrogen) atoms. The van der Waals surface area contributed by atoms with Crippen LogP contribution in [0.2, 0.25) is 0 Å².